The molecule has 2 unspecified atom stereocenters. The van der Waals surface area contributed by atoms with Crippen molar-refractivity contribution in [2.75, 3.05) is 6.54 Å². The van der Waals surface area contributed by atoms with Gasteiger partial charge in [-0.05, 0) is 63.4 Å². The highest BCUT2D eigenvalue weighted by Gasteiger charge is 2.20. The number of amides is 1. The quantitative estimate of drug-likeness (QED) is 0.904. The van der Waals surface area contributed by atoms with Gasteiger partial charge < -0.3 is 15.1 Å². The van der Waals surface area contributed by atoms with Crippen LogP contribution in [-0.2, 0) is 11.2 Å². The molecule has 126 valence electrons. The van der Waals surface area contributed by atoms with E-state index in [2.05, 4.69) is 37.5 Å². The topological polar surface area (TPSA) is 54.3 Å². The van der Waals surface area contributed by atoms with Crippen LogP contribution in [0.4, 0.5) is 0 Å². The summed E-state index contributed by atoms with van der Waals surface area (Å²) in [4.78, 5) is 12.3. The number of hydrogen-bond acceptors (Lipinski definition) is 3. The molecule has 5 heteroatoms. The molecule has 1 aliphatic heterocycles. The number of nitrogens with one attached hydrogen (secondary N) is 2. The van der Waals surface area contributed by atoms with Gasteiger partial charge in [-0.25, -0.2) is 0 Å². The fourth-order valence-corrected chi connectivity index (χ4v) is 3.19. The maximum atomic E-state index is 12.3. The van der Waals surface area contributed by atoms with Crippen molar-refractivity contribution in [3.63, 3.8) is 0 Å². The molecule has 0 aliphatic carbocycles. The monoisotopic (exact) mass is 336 g/mol. The van der Waals surface area contributed by atoms with Gasteiger partial charge in [0, 0.05) is 23.0 Å². The van der Waals surface area contributed by atoms with Crippen molar-refractivity contribution in [2.24, 2.45) is 0 Å². The molecule has 1 amide bonds. The first-order valence-electron chi connectivity index (χ1n) is 8.03. The van der Waals surface area contributed by atoms with Gasteiger partial charge in [0.05, 0.1) is 12.7 Å². The number of halogens is 1. The van der Waals surface area contributed by atoms with Crippen LogP contribution in [0, 0.1) is 13.8 Å². The van der Waals surface area contributed by atoms with Crippen LogP contribution in [-0.4, -0.2) is 24.5 Å². The van der Waals surface area contributed by atoms with Gasteiger partial charge in [0.15, 0.2) is 0 Å². The van der Waals surface area contributed by atoms with Crippen LogP contribution in [0.1, 0.15) is 36.5 Å². The minimum Gasteiger partial charge on any atom is -0.464 e. The van der Waals surface area contributed by atoms with Gasteiger partial charge in [0.25, 0.3) is 0 Å². The fourth-order valence-electron chi connectivity index (χ4n) is 3.19. The largest absolute Gasteiger partial charge is 0.464 e. The van der Waals surface area contributed by atoms with Crippen LogP contribution in [0.5, 0.6) is 0 Å². The van der Waals surface area contributed by atoms with Crippen LogP contribution >= 0.6 is 12.4 Å². The maximum absolute atomic E-state index is 12.3. The Hall–Kier alpha value is -1.52. The Bertz CT molecular complexity index is 696. The molecule has 0 radical (unpaired) electrons. The molecule has 2 N–H and O–H groups in total. The minimum absolute atomic E-state index is 0. The van der Waals surface area contributed by atoms with Gasteiger partial charge in [-0.1, -0.05) is 0 Å². The predicted octanol–water partition coefficient (Wildman–Crippen LogP) is 3.27. The fraction of sp³-hybridized carbons (Fsp3) is 0.500. The van der Waals surface area contributed by atoms with E-state index in [0.717, 1.165) is 35.9 Å². The number of rotatable bonds is 3. The van der Waals surface area contributed by atoms with E-state index < -0.39 is 0 Å². The zero-order valence-electron chi connectivity index (χ0n) is 13.9. The molecular formula is C18H25ClN2O2. The van der Waals surface area contributed by atoms with E-state index in [0.29, 0.717) is 12.5 Å². The van der Waals surface area contributed by atoms with Crippen LogP contribution in [0.25, 0.3) is 11.0 Å². The zero-order chi connectivity index (χ0) is 15.7. The number of carbonyl (C=O) groups is 1. The molecule has 1 fully saturated rings. The number of fused-ring (bicyclic) bond motifs is 1. The second kappa shape index (κ2) is 7.37. The van der Waals surface area contributed by atoms with Crippen molar-refractivity contribution in [1.82, 2.24) is 10.6 Å². The molecule has 1 aliphatic rings. The molecule has 0 spiro atoms. The molecule has 2 aromatic rings. The predicted molar refractivity (Wildman–Crippen MR) is 95.3 cm³/mol. The van der Waals surface area contributed by atoms with Gasteiger partial charge in [-0.15, -0.1) is 12.4 Å². The van der Waals surface area contributed by atoms with Gasteiger partial charge in [0.1, 0.15) is 5.58 Å². The summed E-state index contributed by atoms with van der Waals surface area (Å²) in [5.74, 6) is 0.0834. The second-order valence-corrected chi connectivity index (χ2v) is 6.51. The maximum Gasteiger partial charge on any atom is 0.224 e. The number of carbonyl (C=O) groups excluding carboxylic acids is 1. The molecule has 1 saturated heterocycles. The third-order valence-electron chi connectivity index (χ3n) is 4.61. The summed E-state index contributed by atoms with van der Waals surface area (Å²) in [5.41, 5.74) is 4.27. The van der Waals surface area contributed by atoms with E-state index in [4.69, 9.17) is 4.42 Å². The van der Waals surface area contributed by atoms with E-state index in [-0.39, 0.29) is 24.4 Å². The Kier molecular flexibility index (Phi) is 5.71. The molecule has 1 aromatic carbocycles. The Balaban J connectivity index is 0.00000192. The zero-order valence-corrected chi connectivity index (χ0v) is 14.8. The molecule has 1 aromatic heterocycles. The van der Waals surface area contributed by atoms with Crippen LogP contribution in [0.3, 0.4) is 0 Å². The summed E-state index contributed by atoms with van der Waals surface area (Å²) in [6.07, 6.45) is 4.10. The van der Waals surface area contributed by atoms with E-state index >= 15 is 0 Å². The molecular weight excluding hydrogens is 312 g/mol. The van der Waals surface area contributed by atoms with E-state index in [9.17, 15) is 4.79 Å². The Morgan fingerprint density at radius 2 is 2.09 bits per heavy atom. The molecule has 0 bridgehead atoms. The molecule has 23 heavy (non-hydrogen) atoms. The van der Waals surface area contributed by atoms with E-state index in [1.165, 1.54) is 11.1 Å². The third-order valence-corrected chi connectivity index (χ3v) is 4.61. The summed E-state index contributed by atoms with van der Waals surface area (Å²) in [6, 6.07) is 4.91. The Morgan fingerprint density at radius 3 is 2.83 bits per heavy atom. The van der Waals surface area contributed by atoms with Crippen LogP contribution in [0.2, 0.25) is 0 Å². The Labute approximate surface area is 143 Å². The SMILES string of the molecule is Cc1cc2occ(CC(=O)NC3CCNC(C)C3)c2cc1C.Cl. The van der Waals surface area contributed by atoms with Gasteiger partial charge in [-0.3, -0.25) is 4.79 Å². The van der Waals surface area contributed by atoms with E-state index in [1.54, 1.807) is 6.26 Å². The van der Waals surface area contributed by atoms with Crippen molar-refractivity contribution >= 4 is 29.3 Å². The lowest BCUT2D eigenvalue weighted by atomic mass is 10.00. The lowest BCUT2D eigenvalue weighted by molar-refractivity contribution is -0.121. The lowest BCUT2D eigenvalue weighted by Gasteiger charge is -2.28. The molecule has 0 saturated carbocycles. The number of aryl methyl sites for hydroxylation is 2. The highest BCUT2D eigenvalue weighted by molar-refractivity contribution is 5.88. The van der Waals surface area contributed by atoms with Gasteiger partial charge >= 0.3 is 0 Å². The number of piperidine rings is 1. The standard InChI is InChI=1S/C18H24N2O2.ClH/c1-11-6-16-14(10-22-17(16)7-12(11)2)9-18(21)20-15-4-5-19-13(3)8-15;/h6-7,10,13,15,19H,4-5,8-9H2,1-3H3,(H,20,21);1H. The van der Waals surface area contributed by atoms with Crippen molar-refractivity contribution in [1.29, 1.82) is 0 Å². The summed E-state index contributed by atoms with van der Waals surface area (Å²) >= 11 is 0. The summed E-state index contributed by atoms with van der Waals surface area (Å²) < 4.78 is 5.60. The summed E-state index contributed by atoms with van der Waals surface area (Å²) in [6.45, 7) is 7.29. The first-order valence-corrected chi connectivity index (χ1v) is 8.03. The van der Waals surface area contributed by atoms with Gasteiger partial charge in [-0.2, -0.15) is 0 Å². The van der Waals surface area contributed by atoms with Crippen LogP contribution < -0.4 is 10.6 Å². The number of furan rings is 1. The normalized spacial score (nSPS) is 21.0. The molecule has 3 rings (SSSR count). The first-order chi connectivity index (χ1) is 10.5. The highest BCUT2D eigenvalue weighted by Crippen LogP contribution is 2.25. The molecule has 2 atom stereocenters. The first kappa shape index (κ1) is 17.8. The molecule has 2 heterocycles. The van der Waals surface area contributed by atoms with Gasteiger partial charge in [0.2, 0.25) is 5.91 Å². The van der Waals surface area contributed by atoms with Crippen molar-refractivity contribution < 1.29 is 9.21 Å². The minimum atomic E-state index is 0. The lowest BCUT2D eigenvalue weighted by Crippen LogP contribution is -2.46. The number of benzene rings is 1. The Morgan fingerprint density at radius 1 is 1.35 bits per heavy atom. The van der Waals surface area contributed by atoms with Crippen molar-refractivity contribution in [3.05, 3.63) is 35.1 Å². The summed E-state index contributed by atoms with van der Waals surface area (Å²) in [5, 5.41) is 7.61. The molecule has 4 nitrogen and oxygen atoms in total. The average Bonchev–Trinajstić information content (AvgIpc) is 2.81. The number of hydrogen-bond donors (Lipinski definition) is 2. The third kappa shape index (κ3) is 4.06. The van der Waals surface area contributed by atoms with Crippen molar-refractivity contribution in [3.8, 4) is 0 Å². The summed E-state index contributed by atoms with van der Waals surface area (Å²) in [7, 11) is 0. The van der Waals surface area contributed by atoms with E-state index in [1.807, 2.05) is 6.07 Å². The highest BCUT2D eigenvalue weighted by atomic mass is 35.5. The average molecular weight is 337 g/mol. The van der Waals surface area contributed by atoms with Crippen molar-refractivity contribution in [2.45, 2.75) is 52.1 Å². The smallest absolute Gasteiger partial charge is 0.224 e. The second-order valence-electron chi connectivity index (χ2n) is 6.51. The van der Waals surface area contributed by atoms with Crippen LogP contribution in [0.15, 0.2) is 22.8 Å².